The molecule has 0 aliphatic carbocycles. The van der Waals surface area contributed by atoms with Crippen LogP contribution in [0.1, 0.15) is 30.1 Å². The molecule has 4 heterocycles. The van der Waals surface area contributed by atoms with Gasteiger partial charge in [-0.2, -0.15) is 41.8 Å². The lowest BCUT2D eigenvalue weighted by molar-refractivity contribution is -0.193. The molecule has 1 spiro atoms. The van der Waals surface area contributed by atoms with Gasteiger partial charge in [0, 0.05) is 31.6 Å². The number of nitrogens with zero attached hydrogens (tertiary/aromatic N) is 4. The quantitative estimate of drug-likeness (QED) is 0.467. The number of aromatic amines is 1. The van der Waals surface area contributed by atoms with Gasteiger partial charge >= 0.3 is 24.3 Å². The van der Waals surface area contributed by atoms with Gasteiger partial charge < -0.3 is 19.4 Å². The minimum Gasteiger partial charge on any atom is -0.475 e. The number of ether oxygens (including phenoxy) is 1. The minimum absolute atomic E-state index is 0.195. The van der Waals surface area contributed by atoms with Crippen LogP contribution in [-0.2, 0) is 27.4 Å². The number of hydrogen-bond donors (Lipinski definition) is 3. The van der Waals surface area contributed by atoms with Crippen molar-refractivity contribution >= 4 is 11.9 Å². The number of hydrogen-bond acceptors (Lipinski definition) is 8. The predicted octanol–water partition coefficient (Wildman–Crippen LogP) is 3.09. The maximum atomic E-state index is 10.6. The summed E-state index contributed by atoms with van der Waals surface area (Å²) in [5, 5.41) is 25.1. The van der Waals surface area contributed by atoms with Crippen LogP contribution in [0.3, 0.4) is 0 Å². The third-order valence-electron chi connectivity index (χ3n) is 5.77. The molecule has 2 aromatic heterocycles. The molecule has 2 aliphatic rings. The molecule has 3 N–H and O–H groups in total. The summed E-state index contributed by atoms with van der Waals surface area (Å²) in [4.78, 5) is 22.8. The molecule has 4 rings (SSSR count). The highest BCUT2D eigenvalue weighted by Crippen LogP contribution is 2.34. The van der Waals surface area contributed by atoms with E-state index >= 15 is 0 Å². The Hall–Kier alpha value is -3.18. The number of furan rings is 1. The minimum atomic E-state index is -5.08. The number of likely N-dealkylation sites (tertiary alicyclic amines) is 1. The van der Waals surface area contributed by atoms with Crippen molar-refractivity contribution in [2.45, 2.75) is 45.2 Å². The van der Waals surface area contributed by atoms with Gasteiger partial charge in [-0.3, -0.25) is 9.80 Å². The third kappa shape index (κ3) is 11.2. The summed E-state index contributed by atoms with van der Waals surface area (Å²) in [6.07, 6.45) is -5.93. The average Bonchev–Trinajstić information content (AvgIpc) is 3.43. The molecular weight excluding hydrogens is 544 g/mol. The molecule has 1 atom stereocenters. The molecular formula is C22H29F6N5O6. The largest absolute Gasteiger partial charge is 0.490 e. The fourth-order valence-electron chi connectivity index (χ4n) is 4.23. The number of nitrogens with one attached hydrogen (secondary N) is 1. The van der Waals surface area contributed by atoms with Crippen LogP contribution in [-0.4, -0.2) is 99.1 Å². The van der Waals surface area contributed by atoms with Crippen LogP contribution < -0.4 is 0 Å². The van der Waals surface area contributed by atoms with Gasteiger partial charge in [-0.1, -0.05) is 0 Å². The van der Waals surface area contributed by atoms with Crippen molar-refractivity contribution in [1.82, 2.24) is 25.2 Å². The number of carboxylic acids is 2. The molecule has 0 radical (unpaired) electrons. The van der Waals surface area contributed by atoms with Crippen LogP contribution in [0.5, 0.6) is 0 Å². The Morgan fingerprint density at radius 1 is 1.03 bits per heavy atom. The second-order valence-corrected chi connectivity index (χ2v) is 9.16. The smallest absolute Gasteiger partial charge is 0.475 e. The van der Waals surface area contributed by atoms with E-state index in [1.54, 1.807) is 0 Å². The maximum Gasteiger partial charge on any atom is 0.490 e. The first-order valence-corrected chi connectivity index (χ1v) is 11.6. The van der Waals surface area contributed by atoms with Crippen LogP contribution in [0.2, 0.25) is 0 Å². The van der Waals surface area contributed by atoms with E-state index < -0.39 is 24.3 Å². The second-order valence-electron chi connectivity index (χ2n) is 9.16. The topological polar surface area (TPSA) is 145 Å². The third-order valence-corrected chi connectivity index (χ3v) is 5.77. The summed E-state index contributed by atoms with van der Waals surface area (Å²) in [5.41, 5.74) is 1.19. The number of aromatic nitrogens is 3. The summed E-state index contributed by atoms with van der Waals surface area (Å²) < 4.78 is 75.3. The maximum absolute atomic E-state index is 10.6. The fraction of sp³-hybridized carbons (Fsp3) is 0.636. The Morgan fingerprint density at radius 3 is 2.10 bits per heavy atom. The van der Waals surface area contributed by atoms with Gasteiger partial charge in [0.05, 0.1) is 31.6 Å². The average molecular weight is 573 g/mol. The molecule has 220 valence electrons. The Kier molecular flexibility index (Phi) is 11.3. The van der Waals surface area contributed by atoms with Gasteiger partial charge in [0.15, 0.2) is 0 Å². The van der Waals surface area contributed by atoms with E-state index in [1.165, 1.54) is 12.8 Å². The summed E-state index contributed by atoms with van der Waals surface area (Å²) in [6, 6.07) is 4.14. The number of alkyl halides is 6. The van der Waals surface area contributed by atoms with E-state index in [-0.39, 0.29) is 5.41 Å². The Morgan fingerprint density at radius 2 is 1.62 bits per heavy atom. The van der Waals surface area contributed by atoms with E-state index in [1.807, 2.05) is 19.2 Å². The fourth-order valence-corrected chi connectivity index (χ4v) is 4.23. The van der Waals surface area contributed by atoms with E-state index in [2.05, 4.69) is 31.3 Å². The Balaban J connectivity index is 0.000000317. The molecule has 11 nitrogen and oxygen atoms in total. The first-order valence-electron chi connectivity index (χ1n) is 11.6. The zero-order chi connectivity index (χ0) is 29.3. The van der Waals surface area contributed by atoms with Crippen molar-refractivity contribution in [3.63, 3.8) is 0 Å². The standard InChI is InChI=1S/C18H27N5O2.2C2HF3O2/c1-15-3-4-17(25-15)11-22-6-2-5-18(12-22)13-23(7-8-24-14-18)10-16-9-19-21-20-16;2*3-2(4,5)1(6)7/h3-4,9H,2,5-8,10-14H2,1H3,(H,19,20,21);2*(H,6,7). The van der Waals surface area contributed by atoms with Crippen LogP contribution >= 0.6 is 0 Å². The molecule has 1 unspecified atom stereocenters. The molecule has 0 saturated carbocycles. The van der Waals surface area contributed by atoms with Crippen LogP contribution in [0, 0.1) is 12.3 Å². The number of piperidine rings is 1. The van der Waals surface area contributed by atoms with Crippen molar-refractivity contribution < 1.29 is 55.3 Å². The normalized spacial score (nSPS) is 20.8. The predicted molar refractivity (Wildman–Crippen MR) is 120 cm³/mol. The highest BCUT2D eigenvalue weighted by molar-refractivity contribution is 5.73. The summed E-state index contributed by atoms with van der Waals surface area (Å²) in [6.45, 7) is 9.54. The number of aryl methyl sites for hydroxylation is 1. The first kappa shape index (κ1) is 32.0. The SMILES string of the molecule is Cc1ccc(CN2CCCC3(COCCN(Cc4cn[nH]n4)C3)C2)o1.O=C(O)C(F)(F)F.O=C(O)C(F)(F)F. The van der Waals surface area contributed by atoms with Crippen molar-refractivity contribution in [2.75, 3.05) is 39.4 Å². The molecule has 2 fully saturated rings. The van der Waals surface area contributed by atoms with E-state index in [0.29, 0.717) is 0 Å². The summed E-state index contributed by atoms with van der Waals surface area (Å²) in [7, 11) is 0. The number of H-pyrrole nitrogens is 1. The van der Waals surface area contributed by atoms with Gasteiger partial charge in [-0.25, -0.2) is 9.59 Å². The lowest BCUT2D eigenvalue weighted by atomic mass is 9.80. The number of carbonyl (C=O) groups is 2. The van der Waals surface area contributed by atoms with Crippen LogP contribution in [0.15, 0.2) is 22.7 Å². The van der Waals surface area contributed by atoms with Crippen molar-refractivity contribution in [2.24, 2.45) is 5.41 Å². The molecule has 39 heavy (non-hydrogen) atoms. The monoisotopic (exact) mass is 573 g/mol. The molecule has 2 saturated heterocycles. The zero-order valence-electron chi connectivity index (χ0n) is 20.9. The van der Waals surface area contributed by atoms with Gasteiger partial charge in [0.25, 0.3) is 0 Å². The van der Waals surface area contributed by atoms with Crippen molar-refractivity contribution in [1.29, 1.82) is 0 Å². The van der Waals surface area contributed by atoms with E-state index in [0.717, 1.165) is 69.7 Å². The van der Waals surface area contributed by atoms with Crippen molar-refractivity contribution in [3.05, 3.63) is 35.5 Å². The van der Waals surface area contributed by atoms with E-state index in [9.17, 15) is 26.3 Å². The Bertz CT molecular complexity index is 1020. The lowest BCUT2D eigenvalue weighted by Crippen LogP contribution is -2.50. The molecule has 0 amide bonds. The van der Waals surface area contributed by atoms with Gasteiger partial charge in [0.2, 0.25) is 0 Å². The molecule has 0 aromatic carbocycles. The van der Waals surface area contributed by atoms with Crippen LogP contribution in [0.4, 0.5) is 26.3 Å². The molecule has 17 heteroatoms. The molecule has 2 aliphatic heterocycles. The highest BCUT2D eigenvalue weighted by Gasteiger charge is 2.40. The number of halogens is 6. The molecule has 0 bridgehead atoms. The summed E-state index contributed by atoms with van der Waals surface area (Å²) >= 11 is 0. The highest BCUT2D eigenvalue weighted by atomic mass is 19.4. The number of aliphatic carboxylic acids is 2. The zero-order valence-corrected chi connectivity index (χ0v) is 20.9. The Labute approximate surface area is 218 Å². The van der Waals surface area contributed by atoms with Gasteiger partial charge in [-0.15, -0.1) is 0 Å². The van der Waals surface area contributed by atoms with Gasteiger partial charge in [-0.05, 0) is 38.4 Å². The number of carboxylic acid groups (broad SMARTS) is 2. The summed E-state index contributed by atoms with van der Waals surface area (Å²) in [5.74, 6) is -3.47. The number of rotatable bonds is 4. The second kappa shape index (κ2) is 13.7. The van der Waals surface area contributed by atoms with Crippen LogP contribution in [0.25, 0.3) is 0 Å². The first-order chi connectivity index (χ1) is 18.1. The lowest BCUT2D eigenvalue weighted by Gasteiger charge is -2.43. The van der Waals surface area contributed by atoms with E-state index in [4.69, 9.17) is 29.0 Å². The van der Waals surface area contributed by atoms with Crippen molar-refractivity contribution in [3.8, 4) is 0 Å². The molecule has 2 aromatic rings. The van der Waals surface area contributed by atoms with Gasteiger partial charge in [0.1, 0.15) is 11.5 Å².